The highest BCUT2D eigenvalue weighted by molar-refractivity contribution is 6.02. The Kier molecular flexibility index (Phi) is 5.51. The summed E-state index contributed by atoms with van der Waals surface area (Å²) in [5, 5.41) is 32.9. The monoisotopic (exact) mass is 506 g/mol. The number of amides is 1. The molecule has 36 heavy (non-hydrogen) atoms. The van der Waals surface area contributed by atoms with Crippen LogP contribution in [0.15, 0.2) is 36.4 Å². The number of anilines is 1. The van der Waals surface area contributed by atoms with Crippen molar-refractivity contribution < 1.29 is 42.8 Å². The van der Waals surface area contributed by atoms with Crippen LogP contribution in [0.5, 0.6) is 11.5 Å². The molecule has 1 atom stereocenters. The number of carbonyl (C=O) groups is 1. The molecule has 1 aliphatic heterocycles. The first kappa shape index (κ1) is 24.4. The van der Waals surface area contributed by atoms with Gasteiger partial charge in [0.2, 0.25) is 5.91 Å². The molecule has 0 bridgehead atoms. The quantitative estimate of drug-likeness (QED) is 0.391. The second-order valence-corrected chi connectivity index (χ2v) is 9.79. The van der Waals surface area contributed by atoms with Gasteiger partial charge in [0.25, 0.3) is 0 Å². The maximum atomic E-state index is 15.1. The van der Waals surface area contributed by atoms with Gasteiger partial charge in [0.15, 0.2) is 11.5 Å². The maximum absolute atomic E-state index is 15.1. The number of fused-ring (bicyclic) bond motifs is 2. The summed E-state index contributed by atoms with van der Waals surface area (Å²) in [6, 6.07) is 8.40. The molecule has 0 saturated heterocycles. The summed E-state index contributed by atoms with van der Waals surface area (Å²) in [6.07, 6.45) is -4.02. The average molecular weight is 506 g/mol. The summed E-state index contributed by atoms with van der Waals surface area (Å²) in [4.78, 5) is 13.2. The molecule has 2 aromatic carbocycles. The number of ether oxygens (including phenoxy) is 2. The smallest absolute Gasteiger partial charge is 0.395 e. The van der Waals surface area contributed by atoms with E-state index in [2.05, 4.69) is 14.8 Å². The number of rotatable bonds is 7. The Balaban J connectivity index is 1.46. The first-order chi connectivity index (χ1) is 16.8. The molecule has 11 heteroatoms. The highest BCUT2D eigenvalue weighted by Gasteiger charge is 2.53. The highest BCUT2D eigenvalue weighted by atomic mass is 19.3. The molecule has 0 radical (unpaired) electrons. The van der Waals surface area contributed by atoms with Gasteiger partial charge in [-0.2, -0.15) is 0 Å². The predicted molar refractivity (Wildman–Crippen MR) is 122 cm³/mol. The Morgan fingerprint density at radius 1 is 1.17 bits per heavy atom. The van der Waals surface area contributed by atoms with Crippen LogP contribution in [0, 0.1) is 5.82 Å². The van der Waals surface area contributed by atoms with Crippen molar-refractivity contribution in [3.63, 3.8) is 0 Å². The fraction of sp³-hybridized carbons (Fsp3) is 0.400. The minimum atomic E-state index is -3.77. The number of nitrogens with zero attached hydrogens (tertiary/aromatic N) is 1. The van der Waals surface area contributed by atoms with Crippen molar-refractivity contribution in [1.82, 2.24) is 4.57 Å². The molecular formula is C25H25F3N2O6. The highest BCUT2D eigenvalue weighted by Crippen LogP contribution is 2.52. The number of nitrogens with one attached hydrogen (secondary N) is 1. The molecule has 1 fully saturated rings. The number of aromatic nitrogens is 1. The second-order valence-electron chi connectivity index (χ2n) is 9.79. The maximum Gasteiger partial charge on any atom is 0.586 e. The van der Waals surface area contributed by atoms with E-state index in [0.717, 1.165) is 0 Å². The molecule has 5 rings (SSSR count). The minimum Gasteiger partial charge on any atom is -0.395 e. The fourth-order valence-corrected chi connectivity index (χ4v) is 4.61. The second kappa shape index (κ2) is 8.12. The van der Waals surface area contributed by atoms with Crippen LogP contribution in [-0.2, 0) is 22.4 Å². The van der Waals surface area contributed by atoms with Crippen LogP contribution in [0.4, 0.5) is 18.9 Å². The van der Waals surface area contributed by atoms with Crippen molar-refractivity contribution >= 4 is 22.5 Å². The Bertz CT molecular complexity index is 1360. The van der Waals surface area contributed by atoms with Gasteiger partial charge in [-0.1, -0.05) is 6.07 Å². The van der Waals surface area contributed by atoms with Gasteiger partial charge in [-0.15, -0.1) is 8.78 Å². The van der Waals surface area contributed by atoms with Crippen LogP contribution in [0.2, 0.25) is 0 Å². The molecule has 1 saturated carbocycles. The number of hydrogen-bond donors (Lipinski definition) is 4. The number of hydrogen-bond acceptors (Lipinski definition) is 6. The molecule has 4 N–H and O–H groups in total. The van der Waals surface area contributed by atoms with E-state index in [1.54, 1.807) is 19.9 Å². The van der Waals surface area contributed by atoms with Gasteiger partial charge < -0.3 is 34.7 Å². The van der Waals surface area contributed by atoms with Gasteiger partial charge in [-0.3, -0.25) is 4.79 Å². The van der Waals surface area contributed by atoms with Gasteiger partial charge >= 0.3 is 6.29 Å². The van der Waals surface area contributed by atoms with Crippen LogP contribution in [-0.4, -0.2) is 44.8 Å². The first-order valence-corrected chi connectivity index (χ1v) is 11.4. The van der Waals surface area contributed by atoms with Crippen LogP contribution < -0.4 is 14.8 Å². The van der Waals surface area contributed by atoms with E-state index >= 15 is 4.39 Å². The third kappa shape index (κ3) is 4.16. The molecular weight excluding hydrogens is 481 g/mol. The van der Waals surface area contributed by atoms with E-state index in [4.69, 9.17) is 0 Å². The number of carbonyl (C=O) groups excluding carboxylic acids is 1. The molecule has 8 nitrogen and oxygen atoms in total. The van der Waals surface area contributed by atoms with Gasteiger partial charge in [-0.25, -0.2) is 4.39 Å². The summed E-state index contributed by atoms with van der Waals surface area (Å²) in [5.74, 6) is -1.54. The largest absolute Gasteiger partial charge is 0.586 e. The molecule has 1 amide bonds. The summed E-state index contributed by atoms with van der Waals surface area (Å²) in [5.41, 5.74) is -1.23. The summed E-state index contributed by atoms with van der Waals surface area (Å²) >= 11 is 0. The van der Waals surface area contributed by atoms with E-state index in [0.29, 0.717) is 35.0 Å². The van der Waals surface area contributed by atoms with Gasteiger partial charge in [0.1, 0.15) is 5.82 Å². The summed E-state index contributed by atoms with van der Waals surface area (Å²) in [6.45, 7) is 2.50. The lowest BCUT2D eigenvalue weighted by molar-refractivity contribution is -0.286. The molecule has 2 aliphatic rings. The van der Waals surface area contributed by atoms with Crippen molar-refractivity contribution in [3.05, 3.63) is 53.5 Å². The molecule has 1 aromatic heterocycles. The van der Waals surface area contributed by atoms with Crippen LogP contribution in [0.1, 0.15) is 37.9 Å². The van der Waals surface area contributed by atoms with Crippen LogP contribution >= 0.6 is 0 Å². The van der Waals surface area contributed by atoms with Gasteiger partial charge in [0.05, 0.1) is 47.2 Å². The third-order valence-corrected chi connectivity index (χ3v) is 6.61. The van der Waals surface area contributed by atoms with E-state index in [9.17, 15) is 28.9 Å². The lowest BCUT2D eigenvalue weighted by atomic mass is 9.94. The standard InChI is InChI=1S/C25H25F3N2O6/c1-23(2,34)21-8-13-7-17(16(26)10-18(13)30(21)11-15(32)12-31)29-22(33)24(5-6-24)14-3-4-19-20(9-14)36-25(27,28)35-19/h3-4,7-10,15,31-32,34H,5-6,11-12H2,1-2H3,(H,29,33)/t15-/m1/s1. The molecule has 1 aliphatic carbocycles. The normalized spacial score (nSPS) is 18.3. The zero-order valence-corrected chi connectivity index (χ0v) is 19.5. The van der Waals surface area contributed by atoms with E-state index in [1.807, 2.05) is 0 Å². The first-order valence-electron chi connectivity index (χ1n) is 11.4. The number of benzene rings is 2. The zero-order valence-electron chi connectivity index (χ0n) is 19.5. The van der Waals surface area contributed by atoms with E-state index in [-0.39, 0.29) is 23.7 Å². The van der Waals surface area contributed by atoms with Crippen LogP contribution in [0.25, 0.3) is 10.9 Å². The fourth-order valence-electron chi connectivity index (χ4n) is 4.61. The van der Waals surface area contributed by atoms with Gasteiger partial charge in [-0.05, 0) is 56.5 Å². The number of aliphatic hydroxyl groups is 3. The lowest BCUT2D eigenvalue weighted by Gasteiger charge is -2.22. The molecule has 3 aromatic rings. The molecule has 0 spiro atoms. The Morgan fingerprint density at radius 3 is 2.50 bits per heavy atom. The number of halogens is 3. The Morgan fingerprint density at radius 2 is 1.86 bits per heavy atom. The van der Waals surface area contributed by atoms with Crippen molar-refractivity contribution in [2.45, 2.75) is 56.6 Å². The third-order valence-electron chi connectivity index (χ3n) is 6.61. The SMILES string of the molecule is CC(C)(O)c1cc2cc(NC(=O)C3(c4ccc5c(c4)OC(F)(F)O5)CC3)c(F)cc2n1C[C@@H](O)CO. The molecule has 0 unspecified atom stereocenters. The summed E-state index contributed by atoms with van der Waals surface area (Å²) < 4.78 is 52.3. The molecule has 2 heterocycles. The summed E-state index contributed by atoms with van der Waals surface area (Å²) in [7, 11) is 0. The van der Waals surface area contributed by atoms with Crippen molar-refractivity contribution in [3.8, 4) is 11.5 Å². The number of alkyl halides is 2. The van der Waals surface area contributed by atoms with E-state index in [1.165, 1.54) is 34.9 Å². The minimum absolute atomic E-state index is 0.0727. The zero-order chi connectivity index (χ0) is 26.0. The van der Waals surface area contributed by atoms with Crippen LogP contribution in [0.3, 0.4) is 0 Å². The molecule has 192 valence electrons. The predicted octanol–water partition coefficient (Wildman–Crippen LogP) is 3.35. The Hall–Kier alpha value is -3.28. The number of aliphatic hydroxyl groups excluding tert-OH is 2. The van der Waals surface area contributed by atoms with Gasteiger partial charge in [0, 0.05) is 11.5 Å². The lowest BCUT2D eigenvalue weighted by Crippen LogP contribution is -2.28. The topological polar surface area (TPSA) is 113 Å². The van der Waals surface area contributed by atoms with Crippen molar-refractivity contribution in [2.24, 2.45) is 0 Å². The Labute approximate surface area is 203 Å². The van der Waals surface area contributed by atoms with Crippen molar-refractivity contribution in [2.75, 3.05) is 11.9 Å². The van der Waals surface area contributed by atoms with E-state index < -0.39 is 41.7 Å². The van der Waals surface area contributed by atoms with Crippen molar-refractivity contribution in [1.29, 1.82) is 0 Å². The average Bonchev–Trinajstić information content (AvgIpc) is 3.44.